The monoisotopic (exact) mass is 661 g/mol. The number of piperidine rings is 1. The van der Waals surface area contributed by atoms with Crippen molar-refractivity contribution in [2.75, 3.05) is 46.3 Å². The minimum atomic E-state index is -0.514. The van der Waals surface area contributed by atoms with E-state index in [2.05, 4.69) is 116 Å². The Labute approximate surface area is 292 Å². The number of nitrogens with zero attached hydrogens (tertiary/aromatic N) is 3. The van der Waals surface area contributed by atoms with Gasteiger partial charge in [0.25, 0.3) is 0 Å². The van der Waals surface area contributed by atoms with Crippen LogP contribution in [0.5, 0.6) is 0 Å². The summed E-state index contributed by atoms with van der Waals surface area (Å²) >= 11 is 1.75. The van der Waals surface area contributed by atoms with E-state index in [0.717, 1.165) is 69.6 Å². The standard InChI is InChI=1S/C41H63N3O2S/c1-10-14-16-19-22-35(5)36(26-30-42(9)47-38(12-3)25-18-15-11-2)27-31-43-32-28-41(29-33-43,37-23-20-17-21-24-37)34-44(13-4)39(45)46-40(6,7)8/h10,12,14-15,17-25,36H,3,5,11,13,16,26-34H2,1-2,4,6-9H3/b14-10-,18-15-,22-19-,38-25+. The topological polar surface area (TPSA) is 36.0 Å². The van der Waals surface area contributed by atoms with E-state index in [1.54, 1.807) is 11.9 Å². The summed E-state index contributed by atoms with van der Waals surface area (Å²) in [5, 5.41) is 0. The minimum absolute atomic E-state index is 0.0914. The Morgan fingerprint density at radius 3 is 2.40 bits per heavy atom. The van der Waals surface area contributed by atoms with Gasteiger partial charge in [-0.1, -0.05) is 98.5 Å². The number of ether oxygens (including phenoxy) is 1. The van der Waals surface area contributed by atoms with Gasteiger partial charge in [0.05, 0.1) is 0 Å². The van der Waals surface area contributed by atoms with Gasteiger partial charge in [-0.3, -0.25) is 0 Å². The van der Waals surface area contributed by atoms with Gasteiger partial charge >= 0.3 is 6.09 Å². The van der Waals surface area contributed by atoms with Crippen LogP contribution in [0, 0.1) is 5.92 Å². The number of likely N-dealkylation sites (N-methyl/N-ethyl adjacent to an activating group) is 1. The molecule has 1 amide bonds. The molecule has 0 spiro atoms. The Bertz CT molecular complexity index is 1200. The van der Waals surface area contributed by atoms with Crippen LogP contribution < -0.4 is 0 Å². The lowest BCUT2D eigenvalue weighted by Gasteiger charge is -2.45. The fourth-order valence-electron chi connectivity index (χ4n) is 5.95. The zero-order valence-corrected chi connectivity index (χ0v) is 31.4. The van der Waals surface area contributed by atoms with E-state index in [4.69, 9.17) is 4.74 Å². The van der Waals surface area contributed by atoms with E-state index in [9.17, 15) is 4.79 Å². The van der Waals surface area contributed by atoms with Crippen LogP contribution in [0.2, 0.25) is 0 Å². The number of amides is 1. The molecule has 0 aliphatic carbocycles. The maximum atomic E-state index is 13.2. The first-order valence-electron chi connectivity index (χ1n) is 17.6. The van der Waals surface area contributed by atoms with Crippen LogP contribution in [0.15, 0.2) is 103 Å². The van der Waals surface area contributed by atoms with Crippen molar-refractivity contribution in [2.45, 2.75) is 91.1 Å². The van der Waals surface area contributed by atoms with Crippen LogP contribution in [0.25, 0.3) is 0 Å². The minimum Gasteiger partial charge on any atom is -0.444 e. The highest BCUT2D eigenvalue weighted by atomic mass is 32.2. The third-order valence-corrected chi connectivity index (χ3v) is 9.78. The lowest BCUT2D eigenvalue weighted by Crippen LogP contribution is -2.51. The molecule has 1 fully saturated rings. The molecule has 2 rings (SSSR count). The number of benzene rings is 1. The molecule has 0 saturated carbocycles. The molecule has 1 saturated heterocycles. The second-order valence-electron chi connectivity index (χ2n) is 13.6. The van der Waals surface area contributed by atoms with Crippen molar-refractivity contribution in [2.24, 2.45) is 5.92 Å². The molecule has 1 aromatic rings. The first-order valence-corrected chi connectivity index (χ1v) is 18.3. The normalized spacial score (nSPS) is 16.7. The highest BCUT2D eigenvalue weighted by Gasteiger charge is 2.39. The molecule has 0 radical (unpaired) electrons. The molecular weight excluding hydrogens is 599 g/mol. The highest BCUT2D eigenvalue weighted by molar-refractivity contribution is 8.01. The summed E-state index contributed by atoms with van der Waals surface area (Å²) in [6.07, 6.45) is 22.9. The molecule has 1 aliphatic heterocycles. The van der Waals surface area contributed by atoms with Gasteiger partial charge in [-0.25, -0.2) is 9.10 Å². The Hall–Kier alpha value is -2.80. The molecule has 1 heterocycles. The van der Waals surface area contributed by atoms with Crippen LogP contribution in [0.3, 0.4) is 0 Å². The average molecular weight is 662 g/mol. The first kappa shape index (κ1) is 40.4. The molecular formula is C41H63N3O2S. The van der Waals surface area contributed by atoms with Crippen LogP contribution in [0.4, 0.5) is 4.79 Å². The maximum Gasteiger partial charge on any atom is 0.410 e. The van der Waals surface area contributed by atoms with Crippen molar-refractivity contribution in [3.63, 3.8) is 0 Å². The summed E-state index contributed by atoms with van der Waals surface area (Å²) in [7, 11) is 2.16. The number of hydrogen-bond acceptors (Lipinski definition) is 5. The van der Waals surface area contributed by atoms with Gasteiger partial charge in [-0.2, -0.15) is 0 Å². The van der Waals surface area contributed by atoms with Crippen LogP contribution in [0.1, 0.15) is 85.6 Å². The van der Waals surface area contributed by atoms with Crippen molar-refractivity contribution in [1.29, 1.82) is 0 Å². The van der Waals surface area contributed by atoms with Crippen molar-refractivity contribution >= 4 is 18.0 Å². The summed E-state index contributed by atoms with van der Waals surface area (Å²) in [4.78, 5) is 18.8. The van der Waals surface area contributed by atoms with E-state index in [1.165, 1.54) is 11.1 Å². The Kier molecular flexibility index (Phi) is 18.2. The van der Waals surface area contributed by atoms with Crippen LogP contribution in [-0.2, 0) is 10.2 Å². The number of likely N-dealkylation sites (tertiary alicyclic amines) is 1. The summed E-state index contributed by atoms with van der Waals surface area (Å²) in [6.45, 7) is 25.9. The van der Waals surface area contributed by atoms with E-state index in [-0.39, 0.29) is 11.5 Å². The molecule has 260 valence electrons. The third kappa shape index (κ3) is 14.9. The van der Waals surface area contributed by atoms with Gasteiger partial charge in [-0.05, 0) is 129 Å². The number of hydrogen-bond donors (Lipinski definition) is 0. The molecule has 1 aliphatic rings. The molecule has 0 bridgehead atoms. The van der Waals surface area contributed by atoms with Gasteiger partial charge in [-0.15, -0.1) is 0 Å². The van der Waals surface area contributed by atoms with Crippen molar-refractivity contribution in [1.82, 2.24) is 14.1 Å². The number of allylic oxidation sites excluding steroid dienone is 9. The largest absolute Gasteiger partial charge is 0.444 e. The van der Waals surface area contributed by atoms with Crippen LogP contribution >= 0.6 is 11.9 Å². The smallest absolute Gasteiger partial charge is 0.410 e. The number of carbonyl (C=O) groups excluding carboxylic acids is 1. The molecule has 1 unspecified atom stereocenters. The molecule has 0 aromatic heterocycles. The molecule has 47 heavy (non-hydrogen) atoms. The molecule has 5 nitrogen and oxygen atoms in total. The molecule has 1 atom stereocenters. The van der Waals surface area contributed by atoms with Crippen LogP contribution in [-0.4, -0.2) is 72.1 Å². The summed E-state index contributed by atoms with van der Waals surface area (Å²) in [5.41, 5.74) is 1.93. The second kappa shape index (κ2) is 21.2. The predicted octanol–water partition coefficient (Wildman–Crippen LogP) is 10.4. The lowest BCUT2D eigenvalue weighted by molar-refractivity contribution is 0.0173. The van der Waals surface area contributed by atoms with E-state index in [0.29, 0.717) is 19.0 Å². The number of rotatable bonds is 19. The van der Waals surface area contributed by atoms with Gasteiger partial charge in [0.15, 0.2) is 0 Å². The van der Waals surface area contributed by atoms with E-state index in [1.807, 2.05) is 38.7 Å². The molecule has 6 heteroatoms. The zero-order chi connectivity index (χ0) is 34.7. The first-order chi connectivity index (χ1) is 22.5. The zero-order valence-electron chi connectivity index (χ0n) is 30.5. The summed E-state index contributed by atoms with van der Waals surface area (Å²) in [6, 6.07) is 10.8. The fourth-order valence-corrected chi connectivity index (χ4v) is 6.72. The Balaban J connectivity index is 2.12. The van der Waals surface area contributed by atoms with Crippen molar-refractivity contribution in [3.8, 4) is 0 Å². The average Bonchev–Trinajstić information content (AvgIpc) is 3.05. The van der Waals surface area contributed by atoms with Gasteiger partial charge < -0.3 is 14.5 Å². The van der Waals surface area contributed by atoms with Gasteiger partial charge in [0, 0.05) is 30.0 Å². The van der Waals surface area contributed by atoms with Crippen molar-refractivity contribution in [3.05, 3.63) is 108 Å². The van der Waals surface area contributed by atoms with Gasteiger partial charge in [0.1, 0.15) is 5.60 Å². The maximum absolute atomic E-state index is 13.2. The molecule has 1 aromatic carbocycles. The SMILES string of the molecule is C=C/C(=C\C=C/CC)SN(C)CCC(CCN1CCC(CN(CC)C(=O)OC(C)(C)C)(c2ccccc2)CC1)C(=C)/C=C\C/C=C\C. The fraction of sp³-hybridized carbons (Fsp3) is 0.537. The summed E-state index contributed by atoms with van der Waals surface area (Å²) in [5.74, 6) is 0.402. The predicted molar refractivity (Wildman–Crippen MR) is 206 cm³/mol. The lowest BCUT2D eigenvalue weighted by atomic mass is 9.72. The third-order valence-electron chi connectivity index (χ3n) is 8.77. The van der Waals surface area contributed by atoms with E-state index >= 15 is 0 Å². The Morgan fingerprint density at radius 1 is 1.11 bits per heavy atom. The quantitative estimate of drug-likeness (QED) is 0.0838. The number of carbonyl (C=O) groups is 1. The second-order valence-corrected chi connectivity index (χ2v) is 14.9. The highest BCUT2D eigenvalue weighted by Crippen LogP contribution is 2.37. The summed E-state index contributed by atoms with van der Waals surface area (Å²) < 4.78 is 8.11. The molecule has 0 N–H and O–H groups in total. The van der Waals surface area contributed by atoms with Gasteiger partial charge in [0.2, 0.25) is 0 Å². The van der Waals surface area contributed by atoms with Crippen molar-refractivity contribution < 1.29 is 9.53 Å². The Morgan fingerprint density at radius 2 is 1.81 bits per heavy atom. The van der Waals surface area contributed by atoms with E-state index < -0.39 is 5.60 Å².